The molecule has 0 saturated heterocycles. The van der Waals surface area contributed by atoms with Crippen molar-refractivity contribution in [2.75, 3.05) is 5.32 Å². The Morgan fingerprint density at radius 2 is 1.70 bits per heavy atom. The van der Waals surface area contributed by atoms with Gasteiger partial charge in [0.05, 0.1) is 11.4 Å². The van der Waals surface area contributed by atoms with Crippen LogP contribution in [0.15, 0.2) is 20.7 Å². The van der Waals surface area contributed by atoms with Gasteiger partial charge in [0, 0.05) is 34.7 Å². The standard InChI is InChI=1S/C22H27F2N3O5S/c1-10(2)17-19(23)12(5)20(24)18(11(3)4)21(17)25-22(28)27-33(30,31)16-9-13-14(26-29)7-6-8-15(13)32-16/h9-11,29H,6-8H2,1-5H3,(H2,25,27,28)/b26-14+. The maximum Gasteiger partial charge on any atom is 0.333 e. The summed E-state index contributed by atoms with van der Waals surface area (Å²) in [6.45, 7) is 8.07. The van der Waals surface area contributed by atoms with E-state index in [2.05, 4.69) is 10.5 Å². The highest BCUT2D eigenvalue weighted by Crippen LogP contribution is 2.38. The van der Waals surface area contributed by atoms with E-state index in [-0.39, 0.29) is 22.4 Å². The number of nitrogens with one attached hydrogen (secondary N) is 2. The van der Waals surface area contributed by atoms with Crippen molar-refractivity contribution in [3.63, 3.8) is 0 Å². The lowest BCUT2D eigenvalue weighted by Gasteiger charge is -2.23. The molecule has 0 fully saturated rings. The van der Waals surface area contributed by atoms with Crippen LogP contribution < -0.4 is 10.0 Å². The third-order valence-electron chi connectivity index (χ3n) is 5.59. The Morgan fingerprint density at radius 3 is 2.21 bits per heavy atom. The van der Waals surface area contributed by atoms with Crippen molar-refractivity contribution >= 4 is 27.5 Å². The predicted molar refractivity (Wildman–Crippen MR) is 119 cm³/mol. The van der Waals surface area contributed by atoms with Crippen LogP contribution in [0.1, 0.15) is 80.4 Å². The maximum absolute atomic E-state index is 14.9. The minimum Gasteiger partial charge on any atom is -0.447 e. The number of carbonyl (C=O) groups is 1. The lowest BCUT2D eigenvalue weighted by Crippen LogP contribution is -2.35. The Balaban J connectivity index is 1.97. The maximum atomic E-state index is 14.9. The van der Waals surface area contributed by atoms with Crippen LogP contribution in [0.25, 0.3) is 0 Å². The van der Waals surface area contributed by atoms with E-state index in [1.807, 2.05) is 4.72 Å². The highest BCUT2D eigenvalue weighted by molar-refractivity contribution is 7.89. The Hall–Kier alpha value is -2.95. The zero-order valence-electron chi connectivity index (χ0n) is 19.0. The van der Waals surface area contributed by atoms with Crippen LogP contribution in [-0.2, 0) is 16.4 Å². The number of benzene rings is 1. The number of aryl methyl sites for hydroxylation is 1. The molecule has 1 aromatic heterocycles. The molecular formula is C22H27F2N3O5S. The van der Waals surface area contributed by atoms with Gasteiger partial charge < -0.3 is 14.9 Å². The summed E-state index contributed by atoms with van der Waals surface area (Å²) in [6.07, 6.45) is 1.53. The quantitative estimate of drug-likeness (QED) is 0.402. The van der Waals surface area contributed by atoms with Crippen molar-refractivity contribution in [2.45, 2.75) is 70.8 Å². The topological polar surface area (TPSA) is 121 Å². The molecule has 0 spiro atoms. The molecule has 3 rings (SSSR count). The monoisotopic (exact) mass is 483 g/mol. The summed E-state index contributed by atoms with van der Waals surface area (Å²) >= 11 is 0. The number of oxime groups is 1. The molecule has 0 unspecified atom stereocenters. The fourth-order valence-electron chi connectivity index (χ4n) is 4.02. The molecule has 2 aromatic rings. The zero-order valence-corrected chi connectivity index (χ0v) is 19.9. The van der Waals surface area contributed by atoms with E-state index in [1.165, 1.54) is 13.0 Å². The summed E-state index contributed by atoms with van der Waals surface area (Å²) in [4.78, 5) is 12.7. The van der Waals surface area contributed by atoms with Gasteiger partial charge in [-0.3, -0.25) is 0 Å². The zero-order chi connectivity index (χ0) is 24.7. The molecule has 0 radical (unpaired) electrons. The summed E-state index contributed by atoms with van der Waals surface area (Å²) in [6, 6.07) is -0.00409. The summed E-state index contributed by atoms with van der Waals surface area (Å²) in [5, 5.41) is 14.1. The number of sulfonamides is 1. The summed E-state index contributed by atoms with van der Waals surface area (Å²) in [5.74, 6) is -2.08. The second-order valence-corrected chi connectivity index (χ2v) is 10.2. The van der Waals surface area contributed by atoms with E-state index in [4.69, 9.17) is 9.62 Å². The Labute approximate surface area is 191 Å². The first kappa shape index (κ1) is 24.7. The average Bonchev–Trinajstić information content (AvgIpc) is 3.16. The summed E-state index contributed by atoms with van der Waals surface area (Å²) < 4.78 is 62.5. The van der Waals surface area contributed by atoms with Crippen molar-refractivity contribution in [1.82, 2.24) is 4.72 Å². The number of hydrogen-bond acceptors (Lipinski definition) is 6. The van der Waals surface area contributed by atoms with Crippen LogP contribution in [0.3, 0.4) is 0 Å². The van der Waals surface area contributed by atoms with E-state index in [0.29, 0.717) is 36.3 Å². The van der Waals surface area contributed by atoms with Crippen molar-refractivity contribution in [3.05, 3.63) is 45.7 Å². The SMILES string of the molecule is Cc1c(F)c(C(C)C)c(NC(=O)NS(=O)(=O)c2cc3c(o2)CCC/C3=N\O)c(C(C)C)c1F. The van der Waals surface area contributed by atoms with Gasteiger partial charge in [-0.2, -0.15) is 8.42 Å². The Morgan fingerprint density at radius 1 is 1.12 bits per heavy atom. The van der Waals surface area contributed by atoms with Crippen LogP contribution in [0.5, 0.6) is 0 Å². The fourth-order valence-corrected chi connectivity index (χ4v) is 4.90. The lowest BCUT2D eigenvalue weighted by atomic mass is 9.89. The van der Waals surface area contributed by atoms with Gasteiger partial charge in [0.1, 0.15) is 17.4 Å². The van der Waals surface area contributed by atoms with E-state index in [9.17, 15) is 22.0 Å². The Bertz CT molecular complexity index is 1200. The number of furan rings is 1. The average molecular weight is 484 g/mol. The van der Waals surface area contributed by atoms with Crippen LogP contribution in [0.4, 0.5) is 19.3 Å². The Kier molecular flexibility index (Phi) is 6.83. The number of fused-ring (bicyclic) bond motifs is 1. The first-order chi connectivity index (χ1) is 15.4. The number of hydrogen-bond donors (Lipinski definition) is 3. The molecule has 3 N–H and O–H groups in total. The second kappa shape index (κ2) is 9.12. The molecule has 8 nitrogen and oxygen atoms in total. The number of halogens is 2. The van der Waals surface area contributed by atoms with E-state index >= 15 is 0 Å². The largest absolute Gasteiger partial charge is 0.447 e. The van der Waals surface area contributed by atoms with Gasteiger partial charge >= 0.3 is 6.03 Å². The van der Waals surface area contributed by atoms with Gasteiger partial charge in [-0.05, 0) is 31.6 Å². The van der Waals surface area contributed by atoms with Gasteiger partial charge in [-0.1, -0.05) is 32.9 Å². The second-order valence-electron chi connectivity index (χ2n) is 8.63. The van der Waals surface area contributed by atoms with Crippen molar-refractivity contribution in [3.8, 4) is 0 Å². The molecule has 2 amide bonds. The minimum atomic E-state index is -4.45. The van der Waals surface area contributed by atoms with Crippen molar-refractivity contribution < 1.29 is 31.6 Å². The molecule has 180 valence electrons. The van der Waals surface area contributed by atoms with Gasteiger partial charge in [0.2, 0.25) is 5.09 Å². The molecule has 1 aliphatic carbocycles. The van der Waals surface area contributed by atoms with E-state index < -0.39 is 44.6 Å². The minimum absolute atomic E-state index is 0.0856. The highest BCUT2D eigenvalue weighted by atomic mass is 32.2. The molecule has 0 saturated carbocycles. The molecule has 0 aliphatic heterocycles. The number of anilines is 1. The lowest BCUT2D eigenvalue weighted by molar-refractivity contribution is 0.256. The van der Waals surface area contributed by atoms with Gasteiger partial charge in [0.25, 0.3) is 10.0 Å². The van der Waals surface area contributed by atoms with Crippen LogP contribution in [0, 0.1) is 18.6 Å². The number of nitrogens with zero attached hydrogens (tertiary/aromatic N) is 1. The van der Waals surface area contributed by atoms with Gasteiger partial charge in [-0.25, -0.2) is 18.3 Å². The molecule has 11 heteroatoms. The molecule has 1 aromatic carbocycles. The van der Waals surface area contributed by atoms with Gasteiger partial charge in [-0.15, -0.1) is 0 Å². The van der Waals surface area contributed by atoms with Crippen molar-refractivity contribution in [2.24, 2.45) is 5.16 Å². The number of rotatable bonds is 5. The van der Waals surface area contributed by atoms with Crippen LogP contribution >= 0.6 is 0 Å². The number of carbonyl (C=O) groups excluding carboxylic acids is 1. The molecule has 1 aliphatic rings. The van der Waals surface area contributed by atoms with E-state index in [1.54, 1.807) is 27.7 Å². The van der Waals surface area contributed by atoms with Gasteiger partial charge in [0.15, 0.2) is 0 Å². The number of urea groups is 1. The first-order valence-corrected chi connectivity index (χ1v) is 12.1. The molecular weight excluding hydrogens is 456 g/mol. The highest BCUT2D eigenvalue weighted by Gasteiger charge is 2.30. The van der Waals surface area contributed by atoms with Crippen LogP contribution in [0.2, 0.25) is 0 Å². The first-order valence-electron chi connectivity index (χ1n) is 10.6. The normalized spacial score (nSPS) is 15.2. The fraction of sp³-hybridized carbons (Fsp3) is 0.455. The third-order valence-corrected chi connectivity index (χ3v) is 6.78. The van der Waals surface area contributed by atoms with Crippen LogP contribution in [-0.4, -0.2) is 25.4 Å². The predicted octanol–water partition coefficient (Wildman–Crippen LogP) is 5.14. The molecule has 0 bridgehead atoms. The third kappa shape index (κ3) is 4.59. The molecule has 0 atom stereocenters. The van der Waals surface area contributed by atoms with E-state index in [0.717, 1.165) is 0 Å². The number of amides is 2. The molecule has 1 heterocycles. The summed E-state index contributed by atoms with van der Waals surface area (Å²) in [7, 11) is -4.45. The molecule has 33 heavy (non-hydrogen) atoms. The van der Waals surface area contributed by atoms with Crippen molar-refractivity contribution in [1.29, 1.82) is 0 Å². The smallest absolute Gasteiger partial charge is 0.333 e. The summed E-state index contributed by atoms with van der Waals surface area (Å²) in [5.41, 5.74) is 0.561.